The van der Waals surface area contributed by atoms with Gasteiger partial charge in [0.15, 0.2) is 0 Å². The molecule has 0 aliphatic heterocycles. The summed E-state index contributed by atoms with van der Waals surface area (Å²) in [4.78, 5) is 1.25. The van der Waals surface area contributed by atoms with E-state index in [1.165, 1.54) is 4.88 Å². The summed E-state index contributed by atoms with van der Waals surface area (Å²) in [5.74, 6) is 0. The summed E-state index contributed by atoms with van der Waals surface area (Å²) >= 11 is 1.70. The molecular formula is C14H14N2S. The molecule has 1 heterocycles. The first-order chi connectivity index (χ1) is 8.31. The van der Waals surface area contributed by atoms with E-state index in [1.54, 1.807) is 11.3 Å². The van der Waals surface area contributed by atoms with Gasteiger partial charge in [0.1, 0.15) is 6.04 Å². The Morgan fingerprint density at radius 1 is 1.29 bits per heavy atom. The molecule has 0 saturated heterocycles. The second kappa shape index (κ2) is 5.62. The Morgan fingerprint density at radius 3 is 2.76 bits per heavy atom. The van der Waals surface area contributed by atoms with Gasteiger partial charge in [0.25, 0.3) is 0 Å². The van der Waals surface area contributed by atoms with Crippen LogP contribution in [0.4, 0.5) is 0 Å². The summed E-state index contributed by atoms with van der Waals surface area (Å²) in [6.07, 6.45) is 0. The van der Waals surface area contributed by atoms with Crippen LogP contribution in [0.25, 0.3) is 0 Å². The summed E-state index contributed by atoms with van der Waals surface area (Å²) < 4.78 is 0. The molecule has 1 aromatic carbocycles. The fraction of sp³-hybridized carbons (Fsp3) is 0.214. The van der Waals surface area contributed by atoms with Gasteiger partial charge < -0.3 is 0 Å². The maximum Gasteiger partial charge on any atom is 0.121 e. The third kappa shape index (κ3) is 2.94. The highest BCUT2D eigenvalue weighted by Crippen LogP contribution is 2.18. The standard InChI is InChI=1S/C14H14N2S/c1-11-5-2-3-7-13(11)14(9-15)16-10-12-6-4-8-17-12/h2-8,14,16H,10H2,1H3. The van der Waals surface area contributed by atoms with Crippen molar-refractivity contribution < 1.29 is 0 Å². The summed E-state index contributed by atoms with van der Waals surface area (Å²) in [5.41, 5.74) is 2.21. The Kier molecular flexibility index (Phi) is 3.92. The van der Waals surface area contributed by atoms with Gasteiger partial charge in [0.05, 0.1) is 6.07 Å². The number of rotatable bonds is 4. The van der Waals surface area contributed by atoms with Gasteiger partial charge in [-0.05, 0) is 29.5 Å². The van der Waals surface area contributed by atoms with Crippen LogP contribution in [0.1, 0.15) is 22.0 Å². The largest absolute Gasteiger partial charge is 0.293 e. The molecule has 0 fully saturated rings. The molecule has 1 aromatic heterocycles. The average Bonchev–Trinajstić information content (AvgIpc) is 2.85. The summed E-state index contributed by atoms with van der Waals surface area (Å²) in [6, 6.07) is 14.2. The first-order valence-electron chi connectivity index (χ1n) is 5.52. The second-order valence-corrected chi connectivity index (χ2v) is 4.91. The number of hydrogen-bond donors (Lipinski definition) is 1. The third-order valence-corrected chi connectivity index (χ3v) is 3.57. The number of thiophene rings is 1. The predicted molar refractivity (Wildman–Crippen MR) is 70.7 cm³/mol. The monoisotopic (exact) mass is 242 g/mol. The van der Waals surface area contributed by atoms with Crippen LogP contribution in [0.3, 0.4) is 0 Å². The Morgan fingerprint density at radius 2 is 2.12 bits per heavy atom. The second-order valence-electron chi connectivity index (χ2n) is 3.88. The Bertz CT molecular complexity index is 511. The molecule has 1 N–H and O–H groups in total. The molecule has 3 heteroatoms. The molecule has 2 nitrogen and oxygen atoms in total. The molecule has 1 unspecified atom stereocenters. The quantitative estimate of drug-likeness (QED) is 0.891. The Balaban J connectivity index is 2.08. The number of nitrogens with one attached hydrogen (secondary N) is 1. The van der Waals surface area contributed by atoms with Crippen LogP contribution in [-0.2, 0) is 6.54 Å². The molecular weight excluding hydrogens is 228 g/mol. The van der Waals surface area contributed by atoms with Gasteiger partial charge in [-0.3, -0.25) is 5.32 Å². The molecule has 0 bridgehead atoms. The van der Waals surface area contributed by atoms with E-state index in [1.807, 2.05) is 42.6 Å². The average molecular weight is 242 g/mol. The van der Waals surface area contributed by atoms with Crippen molar-refractivity contribution in [3.63, 3.8) is 0 Å². The predicted octanol–water partition coefficient (Wildman–Crippen LogP) is 3.41. The molecule has 2 rings (SSSR count). The molecule has 0 radical (unpaired) electrons. The van der Waals surface area contributed by atoms with Gasteiger partial charge >= 0.3 is 0 Å². The van der Waals surface area contributed by atoms with E-state index in [0.29, 0.717) is 0 Å². The van der Waals surface area contributed by atoms with Crippen LogP contribution in [0.15, 0.2) is 41.8 Å². The number of hydrogen-bond acceptors (Lipinski definition) is 3. The van der Waals surface area contributed by atoms with Gasteiger partial charge in [-0.1, -0.05) is 30.3 Å². The van der Waals surface area contributed by atoms with Crippen molar-refractivity contribution in [2.75, 3.05) is 0 Å². The minimum Gasteiger partial charge on any atom is -0.293 e. The smallest absolute Gasteiger partial charge is 0.121 e. The summed E-state index contributed by atoms with van der Waals surface area (Å²) in [7, 11) is 0. The van der Waals surface area contributed by atoms with E-state index in [-0.39, 0.29) is 6.04 Å². The first kappa shape index (κ1) is 11.8. The summed E-state index contributed by atoms with van der Waals surface area (Å²) in [6.45, 7) is 2.77. The zero-order valence-corrected chi connectivity index (χ0v) is 10.5. The van der Waals surface area contributed by atoms with Crippen molar-refractivity contribution in [1.29, 1.82) is 5.26 Å². The van der Waals surface area contributed by atoms with E-state index in [4.69, 9.17) is 0 Å². The zero-order chi connectivity index (χ0) is 12.1. The Labute approximate surface area is 106 Å². The number of nitrogens with zero attached hydrogens (tertiary/aromatic N) is 1. The van der Waals surface area contributed by atoms with Crippen molar-refractivity contribution in [3.05, 3.63) is 57.8 Å². The fourth-order valence-corrected chi connectivity index (χ4v) is 2.41. The lowest BCUT2D eigenvalue weighted by Crippen LogP contribution is -2.19. The van der Waals surface area contributed by atoms with Crippen LogP contribution in [0.5, 0.6) is 0 Å². The highest BCUT2D eigenvalue weighted by molar-refractivity contribution is 7.09. The highest BCUT2D eigenvalue weighted by Gasteiger charge is 2.11. The molecule has 0 aliphatic carbocycles. The van der Waals surface area contributed by atoms with Crippen molar-refractivity contribution in [2.45, 2.75) is 19.5 Å². The molecule has 86 valence electrons. The Hall–Kier alpha value is -1.63. The molecule has 0 saturated carbocycles. The van der Waals surface area contributed by atoms with E-state index in [0.717, 1.165) is 17.7 Å². The first-order valence-corrected chi connectivity index (χ1v) is 6.40. The van der Waals surface area contributed by atoms with Gasteiger partial charge in [-0.2, -0.15) is 5.26 Å². The van der Waals surface area contributed by atoms with Crippen molar-refractivity contribution in [1.82, 2.24) is 5.32 Å². The van der Waals surface area contributed by atoms with E-state index in [9.17, 15) is 5.26 Å². The maximum atomic E-state index is 9.22. The van der Waals surface area contributed by atoms with Crippen molar-refractivity contribution in [3.8, 4) is 6.07 Å². The van der Waals surface area contributed by atoms with Gasteiger partial charge in [-0.25, -0.2) is 0 Å². The van der Waals surface area contributed by atoms with E-state index in [2.05, 4.69) is 17.5 Å². The molecule has 0 spiro atoms. The normalized spacial score (nSPS) is 12.0. The molecule has 0 amide bonds. The van der Waals surface area contributed by atoms with Gasteiger partial charge in [-0.15, -0.1) is 11.3 Å². The van der Waals surface area contributed by atoms with Gasteiger partial charge in [0, 0.05) is 11.4 Å². The molecule has 2 aromatic rings. The SMILES string of the molecule is Cc1ccccc1C(C#N)NCc1cccs1. The summed E-state index contributed by atoms with van der Waals surface area (Å²) in [5, 5.41) is 14.5. The van der Waals surface area contributed by atoms with Crippen LogP contribution >= 0.6 is 11.3 Å². The van der Waals surface area contributed by atoms with Gasteiger partial charge in [0.2, 0.25) is 0 Å². The van der Waals surface area contributed by atoms with Crippen molar-refractivity contribution >= 4 is 11.3 Å². The number of nitriles is 1. The maximum absolute atomic E-state index is 9.22. The van der Waals surface area contributed by atoms with Crippen LogP contribution < -0.4 is 5.32 Å². The minimum absolute atomic E-state index is 0.238. The van der Waals surface area contributed by atoms with Crippen LogP contribution in [-0.4, -0.2) is 0 Å². The van der Waals surface area contributed by atoms with E-state index >= 15 is 0 Å². The lowest BCUT2D eigenvalue weighted by Gasteiger charge is -2.13. The van der Waals surface area contributed by atoms with Crippen LogP contribution in [0, 0.1) is 18.3 Å². The number of benzene rings is 1. The lowest BCUT2D eigenvalue weighted by molar-refractivity contribution is 0.633. The zero-order valence-electron chi connectivity index (χ0n) is 9.68. The molecule has 17 heavy (non-hydrogen) atoms. The van der Waals surface area contributed by atoms with E-state index < -0.39 is 0 Å². The molecule has 0 aliphatic rings. The third-order valence-electron chi connectivity index (χ3n) is 2.69. The highest BCUT2D eigenvalue weighted by atomic mass is 32.1. The van der Waals surface area contributed by atoms with Crippen LogP contribution in [0.2, 0.25) is 0 Å². The molecule has 1 atom stereocenters. The van der Waals surface area contributed by atoms with Crippen molar-refractivity contribution in [2.24, 2.45) is 0 Å². The fourth-order valence-electron chi connectivity index (χ4n) is 1.75. The lowest BCUT2D eigenvalue weighted by atomic mass is 10.0. The number of aryl methyl sites for hydroxylation is 1. The topological polar surface area (TPSA) is 35.8 Å². The minimum atomic E-state index is -0.238.